The minimum Gasteiger partial charge on any atom is -0.361 e. The predicted molar refractivity (Wildman–Crippen MR) is 90.4 cm³/mol. The van der Waals surface area contributed by atoms with Gasteiger partial charge in [0.2, 0.25) is 0 Å². The van der Waals surface area contributed by atoms with Crippen LogP contribution in [-0.4, -0.2) is 5.78 Å². The van der Waals surface area contributed by atoms with Crippen LogP contribution in [0.3, 0.4) is 0 Å². The molecule has 0 atom stereocenters. The highest BCUT2D eigenvalue weighted by atomic mass is 79.9. The summed E-state index contributed by atoms with van der Waals surface area (Å²) in [6, 6.07) is 12.5. The first kappa shape index (κ1) is 15.3. The Hall–Kier alpha value is -1.10. The van der Waals surface area contributed by atoms with E-state index in [1.807, 2.05) is 18.2 Å². The maximum Gasteiger partial charge on any atom is 0.187 e. The second-order valence-electron chi connectivity index (χ2n) is 3.97. The molecule has 2 rings (SSSR count). The van der Waals surface area contributed by atoms with Crippen LogP contribution in [0.5, 0.6) is 0 Å². The van der Waals surface area contributed by atoms with E-state index in [0.717, 1.165) is 14.6 Å². The molecule has 5 heteroatoms. The molecule has 0 saturated carbocycles. The third-order valence-corrected chi connectivity index (χ3v) is 3.93. The number of nitrogens with one attached hydrogen (secondary N) is 1. The van der Waals surface area contributed by atoms with Crippen molar-refractivity contribution >= 4 is 54.9 Å². The van der Waals surface area contributed by atoms with E-state index in [-0.39, 0.29) is 5.78 Å². The quantitative estimate of drug-likeness (QED) is 0.515. The van der Waals surface area contributed by atoms with Crippen LogP contribution in [-0.2, 0) is 0 Å². The van der Waals surface area contributed by atoms with Gasteiger partial charge in [0.05, 0.1) is 5.69 Å². The van der Waals surface area contributed by atoms with Crippen molar-refractivity contribution in [3.05, 3.63) is 74.3 Å². The number of hydrogen-bond donors (Lipinski definition) is 1. The van der Waals surface area contributed by atoms with Crippen LogP contribution in [0.25, 0.3) is 0 Å². The van der Waals surface area contributed by atoms with E-state index in [1.165, 1.54) is 6.08 Å². The monoisotopic (exact) mass is 413 g/mol. The van der Waals surface area contributed by atoms with Gasteiger partial charge in [-0.3, -0.25) is 4.79 Å². The SMILES string of the molecule is O=C(/C=C/Nc1ccc(Br)cc1Br)c1ccc(Cl)cc1. The molecule has 102 valence electrons. The Morgan fingerprint density at radius 3 is 2.45 bits per heavy atom. The molecule has 0 heterocycles. The Morgan fingerprint density at radius 1 is 1.10 bits per heavy atom. The number of halogens is 3. The number of hydrogen-bond acceptors (Lipinski definition) is 2. The molecule has 1 N–H and O–H groups in total. The zero-order chi connectivity index (χ0) is 14.5. The molecule has 0 bridgehead atoms. The third-order valence-electron chi connectivity index (χ3n) is 2.53. The van der Waals surface area contributed by atoms with Crippen LogP contribution in [0.1, 0.15) is 10.4 Å². The van der Waals surface area contributed by atoms with Crippen molar-refractivity contribution in [2.45, 2.75) is 0 Å². The van der Waals surface area contributed by atoms with E-state index in [4.69, 9.17) is 11.6 Å². The highest BCUT2D eigenvalue weighted by Crippen LogP contribution is 2.26. The summed E-state index contributed by atoms with van der Waals surface area (Å²) in [5.41, 5.74) is 1.48. The Balaban J connectivity index is 2.02. The highest BCUT2D eigenvalue weighted by molar-refractivity contribution is 9.11. The lowest BCUT2D eigenvalue weighted by Crippen LogP contribution is -1.96. The van der Waals surface area contributed by atoms with E-state index in [1.54, 1.807) is 30.5 Å². The predicted octanol–water partition coefficient (Wildman–Crippen LogP) is 5.67. The second-order valence-corrected chi connectivity index (χ2v) is 6.18. The molecular weight excluding hydrogens is 405 g/mol. The lowest BCUT2D eigenvalue weighted by molar-refractivity contribution is 0.104. The zero-order valence-corrected chi connectivity index (χ0v) is 14.2. The molecule has 0 unspecified atom stereocenters. The number of carbonyl (C=O) groups excluding carboxylic acids is 1. The van der Waals surface area contributed by atoms with Crippen molar-refractivity contribution in [3.8, 4) is 0 Å². The van der Waals surface area contributed by atoms with E-state index < -0.39 is 0 Å². The summed E-state index contributed by atoms with van der Waals surface area (Å²) in [4.78, 5) is 11.9. The van der Waals surface area contributed by atoms with Crippen molar-refractivity contribution in [2.75, 3.05) is 5.32 Å². The highest BCUT2D eigenvalue weighted by Gasteiger charge is 2.01. The lowest BCUT2D eigenvalue weighted by Gasteiger charge is -2.04. The number of benzene rings is 2. The fourth-order valence-corrected chi connectivity index (χ4v) is 2.81. The zero-order valence-electron chi connectivity index (χ0n) is 10.2. The van der Waals surface area contributed by atoms with Gasteiger partial charge in [-0.1, -0.05) is 27.5 Å². The molecule has 0 aliphatic rings. The number of carbonyl (C=O) groups is 1. The van der Waals surface area contributed by atoms with Crippen LogP contribution >= 0.6 is 43.5 Å². The van der Waals surface area contributed by atoms with Gasteiger partial charge >= 0.3 is 0 Å². The number of rotatable bonds is 4. The summed E-state index contributed by atoms with van der Waals surface area (Å²) < 4.78 is 1.90. The topological polar surface area (TPSA) is 29.1 Å². The van der Waals surface area contributed by atoms with Crippen molar-refractivity contribution in [1.29, 1.82) is 0 Å². The molecule has 2 aromatic rings. The Morgan fingerprint density at radius 2 is 1.80 bits per heavy atom. The summed E-state index contributed by atoms with van der Waals surface area (Å²) in [5, 5.41) is 3.67. The lowest BCUT2D eigenvalue weighted by atomic mass is 10.1. The fourth-order valence-electron chi connectivity index (χ4n) is 1.52. The Kier molecular flexibility index (Phi) is 5.40. The van der Waals surface area contributed by atoms with Crippen LogP contribution in [0.4, 0.5) is 5.69 Å². The van der Waals surface area contributed by atoms with Crippen molar-refractivity contribution in [2.24, 2.45) is 0 Å². The molecular formula is C15H10Br2ClNO. The first-order valence-electron chi connectivity index (χ1n) is 5.74. The summed E-state index contributed by atoms with van der Waals surface area (Å²) in [6.07, 6.45) is 3.10. The maximum atomic E-state index is 11.9. The summed E-state index contributed by atoms with van der Waals surface area (Å²) in [5.74, 6) is -0.0811. The largest absolute Gasteiger partial charge is 0.361 e. The van der Waals surface area contributed by atoms with Gasteiger partial charge in [-0.2, -0.15) is 0 Å². The van der Waals surface area contributed by atoms with Crippen molar-refractivity contribution in [3.63, 3.8) is 0 Å². The first-order chi connectivity index (χ1) is 9.56. The van der Waals surface area contributed by atoms with Gasteiger partial charge in [0, 0.05) is 31.8 Å². The van der Waals surface area contributed by atoms with Gasteiger partial charge in [-0.15, -0.1) is 0 Å². The fraction of sp³-hybridized carbons (Fsp3) is 0. The summed E-state index contributed by atoms with van der Waals surface area (Å²) in [6.45, 7) is 0. The van der Waals surface area contributed by atoms with Crippen LogP contribution in [0, 0.1) is 0 Å². The number of ketones is 1. The molecule has 0 aliphatic heterocycles. The molecule has 0 aromatic heterocycles. The number of allylic oxidation sites excluding steroid dienone is 1. The Bertz CT molecular complexity index is 653. The maximum absolute atomic E-state index is 11.9. The van der Waals surface area contributed by atoms with E-state index >= 15 is 0 Å². The van der Waals surface area contributed by atoms with Crippen LogP contribution < -0.4 is 5.32 Å². The van der Waals surface area contributed by atoms with E-state index in [2.05, 4.69) is 37.2 Å². The minimum atomic E-state index is -0.0811. The average molecular weight is 416 g/mol. The van der Waals surface area contributed by atoms with Gasteiger partial charge in [-0.05, 0) is 58.4 Å². The van der Waals surface area contributed by atoms with E-state index in [0.29, 0.717) is 10.6 Å². The molecule has 20 heavy (non-hydrogen) atoms. The molecule has 0 fully saturated rings. The average Bonchev–Trinajstić information content (AvgIpc) is 2.42. The van der Waals surface area contributed by atoms with Crippen molar-refractivity contribution in [1.82, 2.24) is 0 Å². The number of anilines is 1. The molecule has 0 saturated heterocycles. The smallest absolute Gasteiger partial charge is 0.187 e. The normalized spacial score (nSPS) is 10.8. The third kappa shape index (κ3) is 4.20. The van der Waals surface area contributed by atoms with Gasteiger partial charge in [-0.25, -0.2) is 0 Å². The van der Waals surface area contributed by atoms with Gasteiger partial charge < -0.3 is 5.32 Å². The molecule has 2 nitrogen and oxygen atoms in total. The van der Waals surface area contributed by atoms with Gasteiger partial charge in [0.25, 0.3) is 0 Å². The molecule has 0 radical (unpaired) electrons. The van der Waals surface area contributed by atoms with Crippen LogP contribution in [0.2, 0.25) is 5.02 Å². The molecule has 0 amide bonds. The van der Waals surface area contributed by atoms with E-state index in [9.17, 15) is 4.79 Å². The Labute approximate surface area is 139 Å². The molecule has 2 aromatic carbocycles. The summed E-state index contributed by atoms with van der Waals surface area (Å²) in [7, 11) is 0. The van der Waals surface area contributed by atoms with Gasteiger partial charge in [0.1, 0.15) is 0 Å². The molecule has 0 spiro atoms. The van der Waals surface area contributed by atoms with Gasteiger partial charge in [0.15, 0.2) is 5.78 Å². The standard InChI is InChI=1S/C15H10Br2ClNO/c16-11-3-6-14(13(17)9-11)19-8-7-15(20)10-1-4-12(18)5-2-10/h1-9,19H/b8-7+. The van der Waals surface area contributed by atoms with Crippen molar-refractivity contribution < 1.29 is 4.79 Å². The minimum absolute atomic E-state index is 0.0811. The first-order valence-corrected chi connectivity index (χ1v) is 7.71. The second kappa shape index (κ2) is 7.07. The molecule has 0 aliphatic carbocycles. The van der Waals surface area contributed by atoms with Crippen LogP contribution in [0.15, 0.2) is 63.7 Å². The summed E-state index contributed by atoms with van der Waals surface area (Å²) >= 11 is 12.6.